The molecular formula is C21H27F2N7O2. The first-order valence-corrected chi connectivity index (χ1v) is 10.6. The Labute approximate surface area is 183 Å². The van der Waals surface area contributed by atoms with Gasteiger partial charge in [-0.25, -0.2) is 18.3 Å². The number of carbonyl (C=O) groups is 1. The van der Waals surface area contributed by atoms with Crippen LogP contribution in [0.4, 0.5) is 20.3 Å². The Kier molecular flexibility index (Phi) is 5.85. The van der Waals surface area contributed by atoms with E-state index in [1.807, 2.05) is 20.8 Å². The number of hydrogen-bond acceptors (Lipinski definition) is 6. The third-order valence-electron chi connectivity index (χ3n) is 5.56. The van der Waals surface area contributed by atoms with Crippen LogP contribution in [-0.2, 0) is 5.54 Å². The second-order valence-electron chi connectivity index (χ2n) is 9.04. The number of nitrogens with one attached hydrogen (secondary N) is 2. The van der Waals surface area contributed by atoms with E-state index in [0.717, 1.165) is 25.7 Å². The zero-order valence-corrected chi connectivity index (χ0v) is 18.2. The number of rotatable bonds is 5. The van der Waals surface area contributed by atoms with Crippen LogP contribution in [0.15, 0.2) is 24.7 Å². The van der Waals surface area contributed by atoms with Gasteiger partial charge in [0, 0.05) is 12.4 Å². The Morgan fingerprint density at radius 1 is 1.28 bits per heavy atom. The minimum Gasteiger partial charge on any atom is -0.391 e. The lowest BCUT2D eigenvalue weighted by molar-refractivity contribution is 0.102. The molecule has 0 spiro atoms. The van der Waals surface area contributed by atoms with Gasteiger partial charge >= 0.3 is 0 Å². The molecule has 9 nitrogen and oxygen atoms in total. The summed E-state index contributed by atoms with van der Waals surface area (Å²) < 4.78 is 29.8. The number of hydrogen-bond donors (Lipinski definition) is 3. The van der Waals surface area contributed by atoms with E-state index < -0.39 is 29.7 Å². The van der Waals surface area contributed by atoms with Crippen LogP contribution >= 0.6 is 0 Å². The number of aromatic nitrogens is 5. The fourth-order valence-corrected chi connectivity index (χ4v) is 3.76. The molecule has 3 aromatic heterocycles. The SMILES string of the molecule is CC(C)(C)n1cc(NC(=O)c2cnn3ccc(N[C@@H]4CCCC[C@@H]4O)nc23)c(C(F)F)n1. The summed E-state index contributed by atoms with van der Waals surface area (Å²) in [6.45, 7) is 5.48. The summed E-state index contributed by atoms with van der Waals surface area (Å²) in [6.07, 6.45) is 4.67. The minimum atomic E-state index is -2.84. The molecule has 0 aromatic carbocycles. The summed E-state index contributed by atoms with van der Waals surface area (Å²) in [6, 6.07) is 1.60. The molecule has 11 heteroatoms. The number of anilines is 2. The Morgan fingerprint density at radius 2 is 2.03 bits per heavy atom. The van der Waals surface area contributed by atoms with Crippen molar-refractivity contribution in [3.8, 4) is 0 Å². The standard InChI is InChI=1S/C21H27F2N7O2/c1-21(2,3)30-11-14(17(28-30)18(22)23)26-20(32)12-10-24-29-9-8-16(27-19(12)29)25-13-6-4-5-7-15(13)31/h8-11,13,15,18,31H,4-7H2,1-3H3,(H,25,27)(H,26,32)/t13-,15+/m1/s1. The fourth-order valence-electron chi connectivity index (χ4n) is 3.76. The number of amides is 1. The van der Waals surface area contributed by atoms with Gasteiger partial charge in [0.05, 0.1) is 29.6 Å². The minimum absolute atomic E-state index is 0.0566. The third-order valence-corrected chi connectivity index (χ3v) is 5.56. The molecule has 1 saturated carbocycles. The lowest BCUT2D eigenvalue weighted by atomic mass is 9.93. The molecule has 0 radical (unpaired) electrons. The number of carbonyl (C=O) groups excluding carboxylic acids is 1. The summed E-state index contributed by atoms with van der Waals surface area (Å²) in [5.41, 5.74) is -0.658. The number of nitrogens with zero attached hydrogens (tertiary/aromatic N) is 5. The average Bonchev–Trinajstić information content (AvgIpc) is 3.33. The van der Waals surface area contributed by atoms with E-state index in [-0.39, 0.29) is 22.9 Å². The number of aliphatic hydroxyl groups is 1. The quantitative estimate of drug-likeness (QED) is 0.552. The van der Waals surface area contributed by atoms with Gasteiger partial charge in [0.25, 0.3) is 12.3 Å². The topological polar surface area (TPSA) is 109 Å². The Bertz CT molecular complexity index is 1120. The number of alkyl halides is 2. The molecule has 3 heterocycles. The molecule has 1 fully saturated rings. The lowest BCUT2D eigenvalue weighted by Gasteiger charge is -2.28. The van der Waals surface area contributed by atoms with Gasteiger partial charge < -0.3 is 15.7 Å². The van der Waals surface area contributed by atoms with E-state index in [0.29, 0.717) is 5.82 Å². The van der Waals surface area contributed by atoms with Crippen LogP contribution in [0.2, 0.25) is 0 Å². The zero-order valence-electron chi connectivity index (χ0n) is 18.2. The monoisotopic (exact) mass is 447 g/mol. The van der Waals surface area contributed by atoms with Crippen molar-refractivity contribution in [3.05, 3.63) is 35.9 Å². The van der Waals surface area contributed by atoms with E-state index >= 15 is 0 Å². The average molecular weight is 447 g/mol. The summed E-state index contributed by atoms with van der Waals surface area (Å²) in [5, 5.41) is 24.0. The van der Waals surface area contributed by atoms with Crippen molar-refractivity contribution in [2.45, 2.75) is 70.6 Å². The predicted molar refractivity (Wildman–Crippen MR) is 115 cm³/mol. The van der Waals surface area contributed by atoms with Gasteiger partial charge in [-0.15, -0.1) is 0 Å². The maximum atomic E-state index is 13.5. The van der Waals surface area contributed by atoms with Gasteiger partial charge in [0.2, 0.25) is 0 Å². The lowest BCUT2D eigenvalue weighted by Crippen LogP contribution is -2.36. The van der Waals surface area contributed by atoms with Crippen LogP contribution in [0.3, 0.4) is 0 Å². The summed E-state index contributed by atoms with van der Waals surface area (Å²) >= 11 is 0. The van der Waals surface area contributed by atoms with Crippen LogP contribution in [0.25, 0.3) is 5.65 Å². The van der Waals surface area contributed by atoms with E-state index in [1.54, 1.807) is 12.3 Å². The molecule has 32 heavy (non-hydrogen) atoms. The molecule has 1 amide bonds. The smallest absolute Gasteiger partial charge is 0.284 e. The molecule has 3 aromatic rings. The van der Waals surface area contributed by atoms with Crippen LogP contribution < -0.4 is 10.6 Å². The molecule has 0 unspecified atom stereocenters. The van der Waals surface area contributed by atoms with Gasteiger partial charge in [0.1, 0.15) is 11.4 Å². The first-order chi connectivity index (χ1) is 15.1. The summed E-state index contributed by atoms with van der Waals surface area (Å²) in [4.78, 5) is 17.4. The normalized spacial score (nSPS) is 19.5. The van der Waals surface area contributed by atoms with Crippen LogP contribution in [0.5, 0.6) is 0 Å². The molecule has 0 bridgehead atoms. The number of aliphatic hydroxyl groups excluding tert-OH is 1. The van der Waals surface area contributed by atoms with Gasteiger partial charge in [-0.05, 0) is 39.7 Å². The molecule has 2 atom stereocenters. The molecule has 3 N–H and O–H groups in total. The van der Waals surface area contributed by atoms with Gasteiger partial charge in [-0.3, -0.25) is 9.48 Å². The molecule has 4 rings (SSSR count). The molecule has 1 aliphatic rings. The Hall–Kier alpha value is -3.08. The highest BCUT2D eigenvalue weighted by atomic mass is 19.3. The first-order valence-electron chi connectivity index (χ1n) is 10.6. The van der Waals surface area contributed by atoms with E-state index in [4.69, 9.17) is 0 Å². The van der Waals surface area contributed by atoms with Crippen molar-refractivity contribution in [3.63, 3.8) is 0 Å². The fraction of sp³-hybridized carbons (Fsp3) is 0.524. The van der Waals surface area contributed by atoms with Crippen LogP contribution in [-0.4, -0.2) is 47.5 Å². The maximum absolute atomic E-state index is 13.5. The zero-order chi connectivity index (χ0) is 23.0. The van der Waals surface area contributed by atoms with Crippen LogP contribution in [0, 0.1) is 0 Å². The summed E-state index contributed by atoms with van der Waals surface area (Å²) in [7, 11) is 0. The predicted octanol–water partition coefficient (Wildman–Crippen LogP) is 3.59. The van der Waals surface area contributed by atoms with Crippen molar-refractivity contribution in [1.29, 1.82) is 0 Å². The maximum Gasteiger partial charge on any atom is 0.284 e. The van der Waals surface area contributed by atoms with Crippen molar-refractivity contribution >= 4 is 23.1 Å². The van der Waals surface area contributed by atoms with Crippen molar-refractivity contribution in [2.75, 3.05) is 10.6 Å². The third kappa shape index (κ3) is 4.43. The van der Waals surface area contributed by atoms with Crippen molar-refractivity contribution in [2.24, 2.45) is 0 Å². The van der Waals surface area contributed by atoms with Gasteiger partial charge in [-0.1, -0.05) is 12.8 Å². The molecule has 0 aliphatic heterocycles. The highest BCUT2D eigenvalue weighted by molar-refractivity contribution is 6.08. The van der Waals surface area contributed by atoms with Gasteiger partial charge in [0.15, 0.2) is 11.3 Å². The molecule has 1 aliphatic carbocycles. The number of halogens is 2. The second kappa shape index (κ2) is 8.45. The molecule has 0 saturated heterocycles. The first kappa shape index (κ1) is 22.1. The Balaban J connectivity index is 1.60. The van der Waals surface area contributed by atoms with Crippen LogP contribution in [0.1, 0.15) is 68.9 Å². The largest absolute Gasteiger partial charge is 0.391 e. The number of fused-ring (bicyclic) bond motifs is 1. The van der Waals surface area contributed by atoms with E-state index in [2.05, 4.69) is 25.8 Å². The highest BCUT2D eigenvalue weighted by Gasteiger charge is 2.26. The van der Waals surface area contributed by atoms with Crippen molar-refractivity contribution in [1.82, 2.24) is 24.4 Å². The Morgan fingerprint density at radius 3 is 2.72 bits per heavy atom. The van der Waals surface area contributed by atoms with Gasteiger partial charge in [-0.2, -0.15) is 10.2 Å². The molecular weight excluding hydrogens is 420 g/mol. The molecule has 172 valence electrons. The summed E-state index contributed by atoms with van der Waals surface area (Å²) in [5.74, 6) is -0.107. The van der Waals surface area contributed by atoms with E-state index in [9.17, 15) is 18.7 Å². The second-order valence-corrected chi connectivity index (χ2v) is 9.04. The highest BCUT2D eigenvalue weighted by Crippen LogP contribution is 2.29. The van der Waals surface area contributed by atoms with Crippen molar-refractivity contribution < 1.29 is 18.7 Å². The van der Waals surface area contributed by atoms with E-state index in [1.165, 1.54) is 21.6 Å².